The third-order valence-corrected chi connectivity index (χ3v) is 6.77. The van der Waals surface area contributed by atoms with Gasteiger partial charge in [0.25, 0.3) is 5.91 Å². The minimum Gasteiger partial charge on any atom is -0.360 e. The number of nitrogens with zero attached hydrogens (tertiary/aromatic N) is 1. The Balaban J connectivity index is 1.65. The molecule has 3 aromatic carbocycles. The summed E-state index contributed by atoms with van der Waals surface area (Å²) in [6.07, 6.45) is 2.27. The second-order valence-corrected chi connectivity index (χ2v) is 10.4. The molecule has 176 valence electrons. The van der Waals surface area contributed by atoms with Gasteiger partial charge in [-0.05, 0) is 58.9 Å². The van der Waals surface area contributed by atoms with E-state index in [0.29, 0.717) is 35.1 Å². The molecule has 0 aliphatic rings. The lowest BCUT2D eigenvalue weighted by atomic mass is 9.87. The highest BCUT2D eigenvalue weighted by atomic mass is 35.5. The van der Waals surface area contributed by atoms with Gasteiger partial charge in [0, 0.05) is 24.7 Å². The fourth-order valence-corrected chi connectivity index (χ4v) is 4.33. The monoisotopic (exact) mass is 496 g/mol. The molecule has 1 heterocycles. The Morgan fingerprint density at radius 3 is 2.32 bits per heavy atom. The van der Waals surface area contributed by atoms with Crippen LogP contribution in [-0.4, -0.2) is 22.3 Å². The summed E-state index contributed by atoms with van der Waals surface area (Å²) in [6, 6.07) is 18.5. The number of H-pyrrole nitrogens is 1. The van der Waals surface area contributed by atoms with Crippen molar-refractivity contribution in [2.75, 3.05) is 6.54 Å². The Hall–Kier alpha value is -2.82. The van der Waals surface area contributed by atoms with Crippen LogP contribution in [0.15, 0.2) is 66.9 Å². The maximum Gasteiger partial charge on any atom is 0.259 e. The smallest absolute Gasteiger partial charge is 0.259 e. The van der Waals surface area contributed by atoms with E-state index in [9.17, 15) is 9.18 Å². The van der Waals surface area contributed by atoms with Crippen LogP contribution >= 0.6 is 23.2 Å². The molecule has 0 aliphatic carbocycles. The molecular weight excluding hydrogens is 470 g/mol. The summed E-state index contributed by atoms with van der Waals surface area (Å²) in [5.41, 5.74) is 3.75. The summed E-state index contributed by atoms with van der Waals surface area (Å²) in [4.78, 5) is 18.4. The van der Waals surface area contributed by atoms with Crippen LogP contribution in [0.3, 0.4) is 0 Å². The predicted molar refractivity (Wildman–Crippen MR) is 138 cm³/mol. The van der Waals surface area contributed by atoms with Crippen LogP contribution in [-0.2, 0) is 18.4 Å². The lowest BCUT2D eigenvalue weighted by Crippen LogP contribution is -2.33. The Kier molecular flexibility index (Phi) is 7.01. The van der Waals surface area contributed by atoms with Gasteiger partial charge in [0.05, 0.1) is 21.1 Å². The van der Waals surface area contributed by atoms with Crippen molar-refractivity contribution in [2.24, 2.45) is 0 Å². The van der Waals surface area contributed by atoms with Crippen molar-refractivity contribution in [3.63, 3.8) is 0 Å². The van der Waals surface area contributed by atoms with Gasteiger partial charge < -0.3 is 9.88 Å². The van der Waals surface area contributed by atoms with Gasteiger partial charge in [-0.1, -0.05) is 74.3 Å². The molecule has 1 N–H and O–H groups in total. The second kappa shape index (κ2) is 9.81. The highest BCUT2D eigenvalue weighted by Gasteiger charge is 2.23. The van der Waals surface area contributed by atoms with Crippen LogP contribution in [0.25, 0.3) is 10.9 Å². The highest BCUT2D eigenvalue weighted by Crippen LogP contribution is 2.26. The van der Waals surface area contributed by atoms with Crippen LogP contribution < -0.4 is 0 Å². The average Bonchev–Trinajstić information content (AvgIpc) is 3.27. The highest BCUT2D eigenvalue weighted by molar-refractivity contribution is 6.42. The SMILES string of the molecule is CC(C)(C)c1ccc(CN(CCc2ccc(Cl)c(Cl)c2)C(=O)c2c(F)ccc3cc[nH]c23)cc1. The lowest BCUT2D eigenvalue weighted by molar-refractivity contribution is 0.0742. The number of halogens is 3. The summed E-state index contributed by atoms with van der Waals surface area (Å²) in [5.74, 6) is -0.895. The van der Waals surface area contributed by atoms with Gasteiger partial charge in [0.1, 0.15) is 5.82 Å². The zero-order valence-electron chi connectivity index (χ0n) is 19.5. The molecular formula is C28H27Cl2FN2O. The van der Waals surface area contributed by atoms with Crippen LogP contribution in [0.5, 0.6) is 0 Å². The van der Waals surface area contributed by atoms with Crippen molar-refractivity contribution >= 4 is 40.0 Å². The molecule has 1 amide bonds. The normalized spacial score (nSPS) is 11.7. The molecule has 0 unspecified atom stereocenters. The number of aromatic nitrogens is 1. The van der Waals surface area contributed by atoms with Crippen molar-refractivity contribution < 1.29 is 9.18 Å². The van der Waals surface area contributed by atoms with Crippen molar-refractivity contribution in [1.29, 1.82) is 0 Å². The molecule has 0 spiro atoms. The predicted octanol–water partition coefficient (Wildman–Crippen LogP) is 7.80. The van der Waals surface area contributed by atoms with Gasteiger partial charge in [0.2, 0.25) is 0 Å². The summed E-state index contributed by atoms with van der Waals surface area (Å²) >= 11 is 12.2. The van der Waals surface area contributed by atoms with Gasteiger partial charge in [-0.3, -0.25) is 4.79 Å². The maximum atomic E-state index is 14.9. The molecule has 34 heavy (non-hydrogen) atoms. The lowest BCUT2D eigenvalue weighted by Gasteiger charge is -2.25. The molecule has 4 rings (SSSR count). The van der Waals surface area contributed by atoms with Crippen LogP contribution in [0, 0.1) is 5.82 Å². The number of hydrogen-bond donors (Lipinski definition) is 1. The summed E-state index contributed by atoms with van der Waals surface area (Å²) < 4.78 is 14.9. The maximum absolute atomic E-state index is 14.9. The Morgan fingerprint density at radius 1 is 0.941 bits per heavy atom. The zero-order valence-corrected chi connectivity index (χ0v) is 21.0. The molecule has 0 atom stereocenters. The molecule has 3 nitrogen and oxygen atoms in total. The number of carbonyl (C=O) groups excluding carboxylic acids is 1. The quantitative estimate of drug-likeness (QED) is 0.290. The average molecular weight is 497 g/mol. The van der Waals surface area contributed by atoms with E-state index in [1.165, 1.54) is 11.6 Å². The van der Waals surface area contributed by atoms with E-state index < -0.39 is 5.82 Å². The van der Waals surface area contributed by atoms with Gasteiger partial charge >= 0.3 is 0 Å². The number of nitrogens with one attached hydrogen (secondary N) is 1. The number of amides is 1. The Labute approximate surface area is 209 Å². The number of rotatable bonds is 6. The minimum absolute atomic E-state index is 0.0360. The third-order valence-electron chi connectivity index (χ3n) is 6.03. The van der Waals surface area contributed by atoms with Crippen molar-refractivity contribution in [2.45, 2.75) is 39.2 Å². The molecule has 0 saturated carbocycles. The topological polar surface area (TPSA) is 36.1 Å². The molecule has 1 aromatic heterocycles. The first-order valence-electron chi connectivity index (χ1n) is 11.2. The van der Waals surface area contributed by atoms with Crippen molar-refractivity contribution in [1.82, 2.24) is 9.88 Å². The van der Waals surface area contributed by atoms with Gasteiger partial charge in [0.15, 0.2) is 0 Å². The van der Waals surface area contributed by atoms with E-state index in [-0.39, 0.29) is 16.9 Å². The molecule has 4 aromatic rings. The zero-order chi connectivity index (χ0) is 24.5. The number of fused-ring (bicyclic) bond motifs is 1. The summed E-state index contributed by atoms with van der Waals surface area (Å²) in [5, 5.41) is 1.75. The molecule has 0 fully saturated rings. The number of aromatic amines is 1. The number of hydrogen-bond acceptors (Lipinski definition) is 1. The largest absolute Gasteiger partial charge is 0.360 e. The first kappa shape index (κ1) is 24.3. The van der Waals surface area contributed by atoms with Crippen molar-refractivity contribution in [3.8, 4) is 0 Å². The van der Waals surface area contributed by atoms with Crippen LogP contribution in [0.2, 0.25) is 10.0 Å². The van der Waals surface area contributed by atoms with E-state index in [1.807, 2.05) is 24.3 Å². The molecule has 0 radical (unpaired) electrons. The van der Waals surface area contributed by atoms with E-state index in [2.05, 4.69) is 37.9 Å². The van der Waals surface area contributed by atoms with Gasteiger partial charge in [-0.2, -0.15) is 0 Å². The molecule has 0 saturated heterocycles. The Morgan fingerprint density at radius 2 is 1.65 bits per heavy atom. The first-order valence-corrected chi connectivity index (χ1v) is 12.0. The van der Waals surface area contributed by atoms with E-state index in [0.717, 1.165) is 16.5 Å². The van der Waals surface area contributed by atoms with Gasteiger partial charge in [-0.15, -0.1) is 0 Å². The molecule has 0 bridgehead atoms. The number of carbonyl (C=O) groups is 1. The first-order chi connectivity index (χ1) is 16.1. The molecule has 0 aliphatic heterocycles. The van der Waals surface area contributed by atoms with Crippen molar-refractivity contribution in [3.05, 3.63) is 105 Å². The molecule has 6 heteroatoms. The Bertz CT molecular complexity index is 1320. The minimum atomic E-state index is -0.539. The van der Waals surface area contributed by atoms with E-state index in [4.69, 9.17) is 23.2 Å². The standard InChI is InChI=1S/C28H27Cl2FN2O/c1-28(2,3)21-8-4-19(5-9-21)17-33(15-13-18-6-10-22(29)23(30)16-18)27(34)25-24(31)11-7-20-12-14-32-26(20)25/h4-12,14,16,32H,13,15,17H2,1-3H3. The summed E-state index contributed by atoms with van der Waals surface area (Å²) in [6.45, 7) is 7.24. The fourth-order valence-electron chi connectivity index (χ4n) is 4.01. The van der Waals surface area contributed by atoms with Crippen LogP contribution in [0.4, 0.5) is 4.39 Å². The third kappa shape index (κ3) is 5.29. The van der Waals surface area contributed by atoms with Crippen LogP contribution in [0.1, 0.15) is 47.8 Å². The number of benzene rings is 3. The second-order valence-electron chi connectivity index (χ2n) is 9.54. The van der Waals surface area contributed by atoms with E-state index >= 15 is 0 Å². The fraction of sp³-hybridized carbons (Fsp3) is 0.250. The van der Waals surface area contributed by atoms with Gasteiger partial charge in [-0.25, -0.2) is 4.39 Å². The summed E-state index contributed by atoms with van der Waals surface area (Å²) in [7, 11) is 0. The van der Waals surface area contributed by atoms with E-state index in [1.54, 1.807) is 29.3 Å².